The van der Waals surface area contributed by atoms with Crippen LogP contribution in [0.3, 0.4) is 0 Å². The van der Waals surface area contributed by atoms with E-state index in [0.29, 0.717) is 13.2 Å². The van der Waals surface area contributed by atoms with Crippen LogP contribution < -0.4 is 9.47 Å². The van der Waals surface area contributed by atoms with Gasteiger partial charge in [0.05, 0.1) is 0 Å². The molecule has 4 heteroatoms. The fourth-order valence-electron chi connectivity index (χ4n) is 2.72. The highest BCUT2D eigenvalue weighted by molar-refractivity contribution is 6.01. The van der Waals surface area contributed by atoms with Crippen molar-refractivity contribution < 1.29 is 14.3 Å². The standard InChI is InChI=1S/C24H25NO3/c1-3-19-9-13-22(14-10-19)27-17-20-11-15-23(16-12-20)28-18-24(25-26-2)21-7-5-4-6-8-21/h4-16H,3,17-18H2,1-2H3/b25-24+. The van der Waals surface area contributed by atoms with Gasteiger partial charge < -0.3 is 14.3 Å². The molecular formula is C24H25NO3. The van der Waals surface area contributed by atoms with E-state index in [4.69, 9.17) is 14.3 Å². The van der Waals surface area contributed by atoms with Crippen molar-refractivity contribution in [2.24, 2.45) is 5.16 Å². The number of hydrogen-bond donors (Lipinski definition) is 0. The molecular weight excluding hydrogens is 350 g/mol. The molecule has 3 aromatic rings. The SMILES string of the molecule is CCc1ccc(OCc2ccc(OC/C(=N\OC)c3ccccc3)cc2)cc1. The van der Waals surface area contributed by atoms with Crippen LogP contribution in [0.5, 0.6) is 11.5 Å². The minimum absolute atomic E-state index is 0.331. The molecule has 0 aliphatic rings. The van der Waals surface area contributed by atoms with Gasteiger partial charge >= 0.3 is 0 Å². The summed E-state index contributed by atoms with van der Waals surface area (Å²) in [6, 6.07) is 26.0. The van der Waals surface area contributed by atoms with E-state index in [0.717, 1.165) is 34.8 Å². The fourth-order valence-corrected chi connectivity index (χ4v) is 2.72. The smallest absolute Gasteiger partial charge is 0.134 e. The third-order valence-electron chi connectivity index (χ3n) is 4.34. The van der Waals surface area contributed by atoms with Crippen LogP contribution in [0.15, 0.2) is 84.0 Å². The van der Waals surface area contributed by atoms with E-state index in [9.17, 15) is 0 Å². The van der Waals surface area contributed by atoms with Gasteiger partial charge in [-0.1, -0.05) is 66.7 Å². The molecule has 0 radical (unpaired) electrons. The molecule has 4 nitrogen and oxygen atoms in total. The van der Waals surface area contributed by atoms with E-state index in [1.54, 1.807) is 0 Å². The van der Waals surface area contributed by atoms with Crippen LogP contribution in [0.4, 0.5) is 0 Å². The molecule has 28 heavy (non-hydrogen) atoms. The molecule has 0 bridgehead atoms. The number of aryl methyl sites for hydroxylation is 1. The third kappa shape index (κ3) is 5.61. The van der Waals surface area contributed by atoms with Crippen LogP contribution in [-0.2, 0) is 17.9 Å². The third-order valence-corrected chi connectivity index (χ3v) is 4.34. The highest BCUT2D eigenvalue weighted by Crippen LogP contribution is 2.17. The Kier molecular flexibility index (Phi) is 7.08. The fraction of sp³-hybridized carbons (Fsp3) is 0.208. The quantitative estimate of drug-likeness (QED) is 0.378. The first kappa shape index (κ1) is 19.5. The Hall–Kier alpha value is -3.27. The minimum atomic E-state index is 0.331. The lowest BCUT2D eigenvalue weighted by Gasteiger charge is -2.10. The summed E-state index contributed by atoms with van der Waals surface area (Å²) in [6.45, 7) is 2.99. The molecule has 0 spiro atoms. The Morgan fingerprint density at radius 1 is 0.750 bits per heavy atom. The maximum atomic E-state index is 5.87. The van der Waals surface area contributed by atoms with Gasteiger partial charge in [-0.05, 0) is 41.8 Å². The molecule has 3 aromatic carbocycles. The van der Waals surface area contributed by atoms with Gasteiger partial charge in [0.25, 0.3) is 0 Å². The maximum absolute atomic E-state index is 5.87. The summed E-state index contributed by atoms with van der Waals surface area (Å²) in [5.74, 6) is 1.65. The summed E-state index contributed by atoms with van der Waals surface area (Å²) in [5.41, 5.74) is 4.11. The maximum Gasteiger partial charge on any atom is 0.134 e. The van der Waals surface area contributed by atoms with Gasteiger partial charge in [0, 0.05) is 5.56 Å². The van der Waals surface area contributed by atoms with Crippen molar-refractivity contribution in [1.29, 1.82) is 0 Å². The Balaban J connectivity index is 1.54. The molecule has 0 saturated heterocycles. The molecule has 0 atom stereocenters. The predicted octanol–water partition coefficient (Wildman–Crippen LogP) is 5.26. The van der Waals surface area contributed by atoms with E-state index >= 15 is 0 Å². The van der Waals surface area contributed by atoms with Gasteiger partial charge in [-0.3, -0.25) is 0 Å². The molecule has 0 aliphatic heterocycles. The van der Waals surface area contributed by atoms with E-state index in [1.807, 2.05) is 66.7 Å². The largest absolute Gasteiger partial charge is 0.489 e. The van der Waals surface area contributed by atoms with Crippen molar-refractivity contribution in [3.05, 3.63) is 95.6 Å². The molecule has 0 unspecified atom stereocenters. The predicted molar refractivity (Wildman–Crippen MR) is 112 cm³/mol. The van der Waals surface area contributed by atoms with E-state index < -0.39 is 0 Å². The summed E-state index contributed by atoms with van der Waals surface area (Å²) < 4.78 is 11.7. The summed E-state index contributed by atoms with van der Waals surface area (Å²) in [5, 5.41) is 4.07. The molecule has 0 N–H and O–H groups in total. The number of oxime groups is 1. The minimum Gasteiger partial charge on any atom is -0.489 e. The molecule has 0 amide bonds. The van der Waals surface area contributed by atoms with E-state index in [-0.39, 0.29) is 0 Å². The van der Waals surface area contributed by atoms with Crippen LogP contribution in [0, 0.1) is 0 Å². The van der Waals surface area contributed by atoms with Gasteiger partial charge in [-0.25, -0.2) is 0 Å². The molecule has 3 rings (SSSR count). The van der Waals surface area contributed by atoms with Gasteiger partial charge in [0.15, 0.2) is 0 Å². The zero-order valence-corrected chi connectivity index (χ0v) is 16.3. The number of rotatable bonds is 9. The first-order valence-electron chi connectivity index (χ1n) is 9.37. The normalized spacial score (nSPS) is 11.1. The number of benzene rings is 3. The number of nitrogens with zero attached hydrogens (tertiary/aromatic N) is 1. The van der Waals surface area contributed by atoms with Gasteiger partial charge in [-0.15, -0.1) is 0 Å². The lowest BCUT2D eigenvalue weighted by Crippen LogP contribution is -2.13. The van der Waals surface area contributed by atoms with Crippen molar-refractivity contribution in [3.63, 3.8) is 0 Å². The summed E-state index contributed by atoms with van der Waals surface area (Å²) in [7, 11) is 1.54. The Labute approximate surface area is 166 Å². The second kappa shape index (κ2) is 10.2. The van der Waals surface area contributed by atoms with E-state index in [1.165, 1.54) is 12.7 Å². The molecule has 0 aromatic heterocycles. The molecule has 0 aliphatic carbocycles. The van der Waals surface area contributed by atoms with Gasteiger partial charge in [-0.2, -0.15) is 0 Å². The zero-order valence-electron chi connectivity index (χ0n) is 16.3. The average molecular weight is 375 g/mol. The highest BCUT2D eigenvalue weighted by atomic mass is 16.6. The van der Waals surface area contributed by atoms with Crippen LogP contribution >= 0.6 is 0 Å². The highest BCUT2D eigenvalue weighted by Gasteiger charge is 2.06. The summed E-state index contributed by atoms with van der Waals surface area (Å²) in [6.07, 6.45) is 1.03. The monoisotopic (exact) mass is 375 g/mol. The second-order valence-electron chi connectivity index (χ2n) is 6.31. The summed E-state index contributed by atoms with van der Waals surface area (Å²) in [4.78, 5) is 4.95. The molecule has 0 fully saturated rings. The topological polar surface area (TPSA) is 40.0 Å². The van der Waals surface area contributed by atoms with Gasteiger partial charge in [0.2, 0.25) is 0 Å². The van der Waals surface area contributed by atoms with E-state index in [2.05, 4.69) is 24.2 Å². The Morgan fingerprint density at radius 3 is 1.96 bits per heavy atom. The Bertz CT molecular complexity index is 872. The van der Waals surface area contributed by atoms with Gasteiger partial charge in [0.1, 0.15) is 37.5 Å². The lowest BCUT2D eigenvalue weighted by molar-refractivity contribution is 0.210. The van der Waals surface area contributed by atoms with Crippen molar-refractivity contribution in [2.45, 2.75) is 20.0 Å². The van der Waals surface area contributed by atoms with Crippen LogP contribution in [-0.4, -0.2) is 19.4 Å². The lowest BCUT2D eigenvalue weighted by atomic mass is 10.1. The zero-order chi connectivity index (χ0) is 19.6. The van der Waals surface area contributed by atoms with Crippen LogP contribution in [0.1, 0.15) is 23.6 Å². The first-order chi connectivity index (χ1) is 13.8. The average Bonchev–Trinajstić information content (AvgIpc) is 2.77. The van der Waals surface area contributed by atoms with Crippen molar-refractivity contribution >= 4 is 5.71 Å². The first-order valence-corrected chi connectivity index (χ1v) is 9.37. The summed E-state index contributed by atoms with van der Waals surface area (Å²) >= 11 is 0. The van der Waals surface area contributed by atoms with Crippen LogP contribution in [0.2, 0.25) is 0 Å². The van der Waals surface area contributed by atoms with Crippen molar-refractivity contribution in [3.8, 4) is 11.5 Å². The number of hydrogen-bond acceptors (Lipinski definition) is 4. The molecule has 144 valence electrons. The van der Waals surface area contributed by atoms with Crippen molar-refractivity contribution in [2.75, 3.05) is 13.7 Å². The van der Waals surface area contributed by atoms with Crippen LogP contribution in [0.25, 0.3) is 0 Å². The number of ether oxygens (including phenoxy) is 2. The second-order valence-corrected chi connectivity index (χ2v) is 6.31. The van der Waals surface area contributed by atoms with Crippen molar-refractivity contribution in [1.82, 2.24) is 0 Å². The molecule has 0 heterocycles. The molecule has 0 saturated carbocycles. The Morgan fingerprint density at radius 2 is 1.36 bits per heavy atom.